The standard InChI is InChI=1S/C23H31ClN2O3S3/c1-3-30-23(31-4-2)19-9-11-20(12-10-19)29-18-17-25-13-15-26(16-14-25)32(27,28)22-8-6-5-7-21(22)24/h5-12,23H,3-4,13-18H2,1-2H3. The van der Waals surface area contributed by atoms with Gasteiger partial charge < -0.3 is 4.74 Å². The Morgan fingerprint density at radius 2 is 1.59 bits per heavy atom. The first kappa shape index (κ1) is 25.7. The monoisotopic (exact) mass is 514 g/mol. The van der Waals surface area contributed by atoms with Gasteiger partial charge in [-0.05, 0) is 41.3 Å². The number of nitrogens with zero attached hydrogens (tertiary/aromatic N) is 2. The Hall–Kier alpha value is -0.900. The molecule has 0 unspecified atom stereocenters. The van der Waals surface area contributed by atoms with Crippen LogP contribution < -0.4 is 4.74 Å². The van der Waals surface area contributed by atoms with Crippen LogP contribution in [-0.2, 0) is 10.0 Å². The highest BCUT2D eigenvalue weighted by molar-refractivity contribution is 8.16. The Kier molecular flexibility index (Phi) is 10.1. The summed E-state index contributed by atoms with van der Waals surface area (Å²) in [6.45, 7) is 7.98. The lowest BCUT2D eigenvalue weighted by molar-refractivity contribution is 0.159. The van der Waals surface area contributed by atoms with Crippen molar-refractivity contribution >= 4 is 45.1 Å². The van der Waals surface area contributed by atoms with Crippen LogP contribution in [0.2, 0.25) is 5.02 Å². The van der Waals surface area contributed by atoms with Gasteiger partial charge in [0.1, 0.15) is 17.3 Å². The second-order valence-corrected chi connectivity index (χ2v) is 12.7. The minimum Gasteiger partial charge on any atom is -0.492 e. The molecular weight excluding hydrogens is 484 g/mol. The Labute approximate surface area is 205 Å². The van der Waals surface area contributed by atoms with E-state index in [1.807, 2.05) is 35.7 Å². The van der Waals surface area contributed by atoms with Crippen molar-refractivity contribution in [3.05, 3.63) is 59.1 Å². The van der Waals surface area contributed by atoms with Crippen molar-refractivity contribution in [3.63, 3.8) is 0 Å². The average molecular weight is 515 g/mol. The largest absolute Gasteiger partial charge is 0.492 e. The van der Waals surface area contributed by atoms with Gasteiger partial charge in [0.15, 0.2) is 0 Å². The number of halogens is 1. The molecule has 0 spiro atoms. The summed E-state index contributed by atoms with van der Waals surface area (Å²) in [4.78, 5) is 2.41. The fourth-order valence-corrected chi connectivity index (χ4v) is 7.97. The van der Waals surface area contributed by atoms with E-state index in [0.717, 1.165) is 23.8 Å². The van der Waals surface area contributed by atoms with Gasteiger partial charge in [-0.3, -0.25) is 4.90 Å². The molecule has 9 heteroatoms. The lowest BCUT2D eigenvalue weighted by Gasteiger charge is -2.34. The van der Waals surface area contributed by atoms with E-state index in [1.165, 1.54) is 9.87 Å². The topological polar surface area (TPSA) is 49.9 Å². The minimum absolute atomic E-state index is 0.179. The minimum atomic E-state index is -3.56. The molecule has 1 saturated heterocycles. The van der Waals surface area contributed by atoms with E-state index in [0.29, 0.717) is 37.4 Å². The molecule has 0 aromatic heterocycles. The van der Waals surface area contributed by atoms with Crippen LogP contribution in [0.25, 0.3) is 0 Å². The highest BCUT2D eigenvalue weighted by Crippen LogP contribution is 2.39. The Bertz CT molecular complexity index is 943. The summed E-state index contributed by atoms with van der Waals surface area (Å²) in [6, 6.07) is 15.0. The van der Waals surface area contributed by atoms with Crippen molar-refractivity contribution in [1.29, 1.82) is 0 Å². The summed E-state index contributed by atoms with van der Waals surface area (Å²) in [6.07, 6.45) is 0. The molecule has 176 valence electrons. The van der Waals surface area contributed by atoms with Gasteiger partial charge in [-0.15, -0.1) is 23.5 Å². The second kappa shape index (κ2) is 12.5. The van der Waals surface area contributed by atoms with Crippen LogP contribution in [0.15, 0.2) is 53.4 Å². The van der Waals surface area contributed by atoms with Crippen LogP contribution in [0, 0.1) is 0 Å². The normalized spacial score (nSPS) is 15.9. The maximum atomic E-state index is 12.9. The maximum absolute atomic E-state index is 12.9. The zero-order valence-corrected chi connectivity index (χ0v) is 21.8. The highest BCUT2D eigenvalue weighted by Gasteiger charge is 2.29. The molecule has 32 heavy (non-hydrogen) atoms. The molecular formula is C23H31ClN2O3S3. The smallest absolute Gasteiger partial charge is 0.244 e. The van der Waals surface area contributed by atoms with E-state index in [4.69, 9.17) is 16.3 Å². The van der Waals surface area contributed by atoms with E-state index >= 15 is 0 Å². The molecule has 1 aliphatic rings. The molecule has 2 aromatic carbocycles. The first-order valence-electron chi connectivity index (χ1n) is 10.9. The summed E-state index contributed by atoms with van der Waals surface area (Å²) < 4.78 is 33.7. The molecule has 2 aromatic rings. The summed E-state index contributed by atoms with van der Waals surface area (Å²) in [5.74, 6) is 3.07. The van der Waals surface area contributed by atoms with E-state index in [1.54, 1.807) is 24.3 Å². The van der Waals surface area contributed by atoms with Crippen LogP contribution in [0.1, 0.15) is 24.0 Å². The van der Waals surface area contributed by atoms with Gasteiger partial charge in [-0.25, -0.2) is 8.42 Å². The number of hydrogen-bond acceptors (Lipinski definition) is 6. The first-order valence-corrected chi connectivity index (χ1v) is 14.8. The molecule has 1 aliphatic heterocycles. The Balaban J connectivity index is 1.45. The van der Waals surface area contributed by atoms with Crippen LogP contribution in [0.5, 0.6) is 5.75 Å². The van der Waals surface area contributed by atoms with Crippen molar-refractivity contribution < 1.29 is 13.2 Å². The van der Waals surface area contributed by atoms with E-state index in [2.05, 4.69) is 30.9 Å². The van der Waals surface area contributed by atoms with Crippen LogP contribution in [0.3, 0.4) is 0 Å². The fourth-order valence-electron chi connectivity index (χ4n) is 3.54. The predicted molar refractivity (Wildman–Crippen MR) is 138 cm³/mol. The predicted octanol–water partition coefficient (Wildman–Crippen LogP) is 5.23. The lowest BCUT2D eigenvalue weighted by atomic mass is 10.2. The third-order valence-corrected chi connectivity index (χ3v) is 10.3. The molecule has 0 N–H and O–H groups in total. The van der Waals surface area contributed by atoms with E-state index in [-0.39, 0.29) is 9.92 Å². The number of piperazine rings is 1. The van der Waals surface area contributed by atoms with Crippen LogP contribution in [-0.4, -0.2) is 68.5 Å². The van der Waals surface area contributed by atoms with Gasteiger partial charge in [0.25, 0.3) is 0 Å². The zero-order valence-electron chi connectivity index (χ0n) is 18.6. The zero-order chi connectivity index (χ0) is 23.0. The van der Waals surface area contributed by atoms with Gasteiger partial charge in [-0.1, -0.05) is 49.7 Å². The second-order valence-electron chi connectivity index (χ2n) is 7.34. The number of benzene rings is 2. The molecule has 5 nitrogen and oxygen atoms in total. The molecule has 1 fully saturated rings. The number of rotatable bonds is 11. The molecule has 3 rings (SSSR count). The third kappa shape index (κ3) is 6.81. The quantitative estimate of drug-likeness (QED) is 0.383. The van der Waals surface area contributed by atoms with Crippen molar-refractivity contribution in [2.24, 2.45) is 0 Å². The SMILES string of the molecule is CCSC(SCC)c1ccc(OCCN2CCN(S(=O)(=O)c3ccccc3Cl)CC2)cc1. The van der Waals surface area contributed by atoms with Crippen molar-refractivity contribution in [3.8, 4) is 5.75 Å². The molecule has 0 bridgehead atoms. The number of hydrogen-bond donors (Lipinski definition) is 0. The number of thioether (sulfide) groups is 2. The molecule has 0 amide bonds. The van der Waals surface area contributed by atoms with Crippen LogP contribution >= 0.6 is 35.1 Å². The summed E-state index contributed by atoms with van der Waals surface area (Å²) in [5.41, 5.74) is 1.33. The van der Waals surface area contributed by atoms with Gasteiger partial charge in [0.2, 0.25) is 10.0 Å². The third-order valence-electron chi connectivity index (χ3n) is 5.25. The van der Waals surface area contributed by atoms with Crippen LogP contribution in [0.4, 0.5) is 0 Å². The van der Waals surface area contributed by atoms with Crippen molar-refractivity contribution in [2.75, 3.05) is 50.8 Å². The van der Waals surface area contributed by atoms with Gasteiger partial charge in [0, 0.05) is 32.7 Å². The van der Waals surface area contributed by atoms with E-state index < -0.39 is 10.0 Å². The van der Waals surface area contributed by atoms with Crippen molar-refractivity contribution in [1.82, 2.24) is 9.21 Å². The molecule has 0 radical (unpaired) electrons. The van der Waals surface area contributed by atoms with Crippen molar-refractivity contribution in [2.45, 2.75) is 23.3 Å². The van der Waals surface area contributed by atoms with Gasteiger partial charge >= 0.3 is 0 Å². The molecule has 0 saturated carbocycles. The first-order chi connectivity index (χ1) is 15.5. The lowest BCUT2D eigenvalue weighted by Crippen LogP contribution is -2.49. The van der Waals surface area contributed by atoms with Gasteiger partial charge in [-0.2, -0.15) is 4.31 Å². The highest BCUT2D eigenvalue weighted by atomic mass is 35.5. The van der Waals surface area contributed by atoms with E-state index in [9.17, 15) is 8.42 Å². The Morgan fingerprint density at radius 3 is 2.19 bits per heavy atom. The Morgan fingerprint density at radius 1 is 0.969 bits per heavy atom. The fraction of sp³-hybridized carbons (Fsp3) is 0.478. The van der Waals surface area contributed by atoms with Gasteiger partial charge in [0.05, 0.1) is 9.60 Å². The molecule has 1 heterocycles. The number of ether oxygens (including phenoxy) is 1. The maximum Gasteiger partial charge on any atom is 0.244 e. The summed E-state index contributed by atoms with van der Waals surface area (Å²) >= 11 is 10.0. The molecule has 0 aliphatic carbocycles. The number of sulfonamides is 1. The summed E-state index contributed by atoms with van der Waals surface area (Å²) in [7, 11) is -3.56. The molecule has 0 atom stereocenters. The average Bonchev–Trinajstić information content (AvgIpc) is 2.80. The summed E-state index contributed by atoms with van der Waals surface area (Å²) in [5, 5.41) is 0.266.